The minimum Gasteiger partial charge on any atom is -0.381 e. The van der Waals surface area contributed by atoms with Gasteiger partial charge < -0.3 is 11.1 Å². The molecule has 0 aliphatic heterocycles. The van der Waals surface area contributed by atoms with Crippen molar-refractivity contribution in [3.63, 3.8) is 0 Å². The van der Waals surface area contributed by atoms with E-state index >= 15 is 0 Å². The van der Waals surface area contributed by atoms with Crippen LogP contribution in [0.1, 0.15) is 46.5 Å². The Morgan fingerprint density at radius 2 is 1.70 bits per heavy atom. The molecule has 3 N–H and O–H groups in total. The van der Waals surface area contributed by atoms with E-state index in [0.717, 1.165) is 18.4 Å². The van der Waals surface area contributed by atoms with Gasteiger partial charge in [0.2, 0.25) is 0 Å². The Bertz CT molecular complexity index is 386. The first-order valence-electron chi connectivity index (χ1n) is 8.02. The number of para-hydroxylation sites is 1. The molecule has 0 spiro atoms. The summed E-state index contributed by atoms with van der Waals surface area (Å²) in [5, 5.41) is 3.63. The van der Waals surface area contributed by atoms with Gasteiger partial charge in [0.15, 0.2) is 0 Å². The van der Waals surface area contributed by atoms with Gasteiger partial charge in [-0.1, -0.05) is 39.0 Å². The third kappa shape index (κ3) is 3.99. The topological polar surface area (TPSA) is 38.0 Å². The van der Waals surface area contributed by atoms with Crippen molar-refractivity contribution in [2.75, 3.05) is 11.9 Å². The van der Waals surface area contributed by atoms with Gasteiger partial charge in [-0.05, 0) is 55.1 Å². The van der Waals surface area contributed by atoms with E-state index in [1.54, 1.807) is 0 Å². The van der Waals surface area contributed by atoms with Crippen molar-refractivity contribution in [3.05, 3.63) is 30.3 Å². The van der Waals surface area contributed by atoms with Crippen LogP contribution >= 0.6 is 0 Å². The molecular weight excluding hydrogens is 244 g/mol. The van der Waals surface area contributed by atoms with Gasteiger partial charge in [0, 0.05) is 18.3 Å². The Balaban J connectivity index is 1.91. The summed E-state index contributed by atoms with van der Waals surface area (Å²) in [5.74, 6) is 1.59. The summed E-state index contributed by atoms with van der Waals surface area (Å²) in [4.78, 5) is 0. The average molecular weight is 274 g/mol. The molecule has 1 aromatic rings. The highest BCUT2D eigenvalue weighted by Crippen LogP contribution is 2.40. The molecule has 1 saturated carbocycles. The molecule has 1 aromatic carbocycles. The predicted octanol–water partition coefficient (Wildman–Crippen LogP) is 4.28. The lowest BCUT2D eigenvalue weighted by atomic mass is 9.68. The lowest BCUT2D eigenvalue weighted by molar-refractivity contribution is 0.143. The lowest BCUT2D eigenvalue weighted by Gasteiger charge is -2.39. The van der Waals surface area contributed by atoms with Crippen LogP contribution in [0.25, 0.3) is 0 Å². The van der Waals surface area contributed by atoms with E-state index < -0.39 is 0 Å². The highest BCUT2D eigenvalue weighted by atomic mass is 14.9. The number of hydrogen-bond donors (Lipinski definition) is 2. The highest BCUT2D eigenvalue weighted by molar-refractivity contribution is 5.43. The summed E-state index contributed by atoms with van der Waals surface area (Å²) in [5.41, 5.74) is 7.66. The number of anilines is 1. The second kappa shape index (κ2) is 6.62. The van der Waals surface area contributed by atoms with E-state index in [1.807, 2.05) is 0 Å². The number of nitrogens with one attached hydrogen (secondary N) is 1. The first kappa shape index (κ1) is 15.4. The average Bonchev–Trinajstić information content (AvgIpc) is 2.45. The molecule has 0 saturated heterocycles. The summed E-state index contributed by atoms with van der Waals surface area (Å²) in [6.45, 7) is 7.85. The smallest absolute Gasteiger partial charge is 0.0411 e. The van der Waals surface area contributed by atoms with Crippen LogP contribution in [0.2, 0.25) is 0 Å². The number of benzene rings is 1. The van der Waals surface area contributed by atoms with Crippen molar-refractivity contribution in [3.8, 4) is 0 Å². The van der Waals surface area contributed by atoms with Gasteiger partial charge in [-0.3, -0.25) is 0 Å². The standard InChI is InChI=1S/C18H30N2/c1-18(2,3)15-11-9-14(10-12-15)17(13-19)20-16-7-5-4-6-8-16/h4-8,14-15,17,20H,9-13,19H2,1-3H3. The maximum absolute atomic E-state index is 6.01. The van der Waals surface area contributed by atoms with Crippen molar-refractivity contribution >= 4 is 5.69 Å². The van der Waals surface area contributed by atoms with Crippen LogP contribution in [0.4, 0.5) is 5.69 Å². The van der Waals surface area contributed by atoms with Gasteiger partial charge in [0.05, 0.1) is 0 Å². The van der Waals surface area contributed by atoms with Crippen LogP contribution in [0.15, 0.2) is 30.3 Å². The molecule has 0 aromatic heterocycles. The summed E-state index contributed by atoms with van der Waals surface area (Å²) < 4.78 is 0. The van der Waals surface area contributed by atoms with Gasteiger partial charge in [-0.15, -0.1) is 0 Å². The van der Waals surface area contributed by atoms with Crippen molar-refractivity contribution in [1.29, 1.82) is 0 Å². The van der Waals surface area contributed by atoms with Gasteiger partial charge in [0.25, 0.3) is 0 Å². The number of hydrogen-bond acceptors (Lipinski definition) is 2. The van der Waals surface area contributed by atoms with E-state index in [2.05, 4.69) is 56.4 Å². The molecule has 0 radical (unpaired) electrons. The zero-order chi connectivity index (χ0) is 14.6. The minimum absolute atomic E-state index is 0.415. The van der Waals surface area contributed by atoms with E-state index in [9.17, 15) is 0 Å². The Kier molecular flexibility index (Phi) is 5.09. The fourth-order valence-electron chi connectivity index (χ4n) is 3.51. The summed E-state index contributed by atoms with van der Waals surface area (Å²) in [7, 11) is 0. The molecule has 2 nitrogen and oxygen atoms in total. The third-order valence-electron chi connectivity index (χ3n) is 4.95. The zero-order valence-corrected chi connectivity index (χ0v) is 13.2. The summed E-state index contributed by atoms with van der Waals surface area (Å²) >= 11 is 0. The molecule has 1 atom stereocenters. The van der Waals surface area contributed by atoms with Gasteiger partial charge in [0.1, 0.15) is 0 Å². The summed E-state index contributed by atoms with van der Waals surface area (Å²) in [6, 6.07) is 10.9. The highest BCUT2D eigenvalue weighted by Gasteiger charge is 2.32. The minimum atomic E-state index is 0.415. The molecule has 0 heterocycles. The van der Waals surface area contributed by atoms with Crippen LogP contribution in [-0.4, -0.2) is 12.6 Å². The van der Waals surface area contributed by atoms with Crippen molar-refractivity contribution in [2.45, 2.75) is 52.5 Å². The first-order valence-corrected chi connectivity index (χ1v) is 8.02. The van der Waals surface area contributed by atoms with Gasteiger partial charge in [-0.25, -0.2) is 0 Å². The van der Waals surface area contributed by atoms with Crippen molar-refractivity contribution in [2.24, 2.45) is 23.0 Å². The SMILES string of the molecule is CC(C)(C)C1CCC(C(CN)Nc2ccccc2)CC1. The normalized spacial score (nSPS) is 25.2. The Morgan fingerprint density at radius 1 is 1.10 bits per heavy atom. The van der Waals surface area contributed by atoms with E-state index in [0.29, 0.717) is 11.5 Å². The van der Waals surface area contributed by atoms with E-state index in [-0.39, 0.29) is 0 Å². The molecule has 0 bridgehead atoms. The summed E-state index contributed by atoms with van der Waals surface area (Å²) in [6.07, 6.45) is 5.32. The van der Waals surface area contributed by atoms with E-state index in [4.69, 9.17) is 5.73 Å². The molecule has 0 amide bonds. The van der Waals surface area contributed by atoms with Crippen LogP contribution in [0.3, 0.4) is 0 Å². The Morgan fingerprint density at radius 3 is 2.20 bits per heavy atom. The van der Waals surface area contributed by atoms with Crippen LogP contribution in [0.5, 0.6) is 0 Å². The van der Waals surface area contributed by atoms with Crippen LogP contribution in [-0.2, 0) is 0 Å². The van der Waals surface area contributed by atoms with Gasteiger partial charge >= 0.3 is 0 Å². The second-order valence-corrected chi connectivity index (χ2v) is 7.33. The maximum atomic E-state index is 6.01. The van der Waals surface area contributed by atoms with Crippen molar-refractivity contribution in [1.82, 2.24) is 0 Å². The molecule has 20 heavy (non-hydrogen) atoms. The lowest BCUT2D eigenvalue weighted by Crippen LogP contribution is -2.39. The first-order chi connectivity index (χ1) is 9.50. The Labute approximate surface area is 124 Å². The molecule has 1 fully saturated rings. The molecule has 1 unspecified atom stereocenters. The monoisotopic (exact) mass is 274 g/mol. The van der Waals surface area contributed by atoms with E-state index in [1.165, 1.54) is 31.4 Å². The molecular formula is C18H30N2. The van der Waals surface area contributed by atoms with Crippen LogP contribution in [0, 0.1) is 17.3 Å². The fraction of sp³-hybridized carbons (Fsp3) is 0.667. The third-order valence-corrected chi connectivity index (χ3v) is 4.95. The fourth-order valence-corrected chi connectivity index (χ4v) is 3.51. The van der Waals surface area contributed by atoms with Gasteiger partial charge in [-0.2, -0.15) is 0 Å². The largest absolute Gasteiger partial charge is 0.381 e. The quantitative estimate of drug-likeness (QED) is 0.860. The second-order valence-electron chi connectivity index (χ2n) is 7.33. The predicted molar refractivity (Wildman–Crippen MR) is 87.8 cm³/mol. The molecule has 2 rings (SSSR count). The molecule has 1 aliphatic carbocycles. The van der Waals surface area contributed by atoms with Crippen LogP contribution < -0.4 is 11.1 Å². The van der Waals surface area contributed by atoms with Crippen molar-refractivity contribution < 1.29 is 0 Å². The molecule has 1 aliphatic rings. The number of rotatable bonds is 4. The maximum Gasteiger partial charge on any atom is 0.0411 e. The molecule has 112 valence electrons. The molecule has 2 heteroatoms. The zero-order valence-electron chi connectivity index (χ0n) is 13.2. The Hall–Kier alpha value is -1.02. The number of nitrogens with two attached hydrogens (primary N) is 1.